The lowest BCUT2D eigenvalue weighted by atomic mass is 10.1. The maximum atomic E-state index is 12.4. The van der Waals surface area contributed by atoms with Gasteiger partial charge in [-0.3, -0.25) is 4.79 Å². The number of ether oxygens (including phenoxy) is 1. The lowest BCUT2D eigenvalue weighted by Crippen LogP contribution is -2.12. The van der Waals surface area contributed by atoms with Gasteiger partial charge in [0.2, 0.25) is 0 Å². The first-order valence-corrected chi connectivity index (χ1v) is 10.5. The van der Waals surface area contributed by atoms with Crippen LogP contribution in [0.3, 0.4) is 0 Å². The van der Waals surface area contributed by atoms with Crippen molar-refractivity contribution in [1.29, 1.82) is 0 Å². The van der Waals surface area contributed by atoms with Gasteiger partial charge in [0, 0.05) is 17.0 Å². The number of esters is 1. The molecule has 0 aliphatic carbocycles. The summed E-state index contributed by atoms with van der Waals surface area (Å²) in [4.78, 5) is 24.1. The number of benzene rings is 2. The van der Waals surface area contributed by atoms with Gasteiger partial charge in [0.1, 0.15) is 5.01 Å². The van der Waals surface area contributed by atoms with Crippen molar-refractivity contribution < 1.29 is 14.3 Å². The summed E-state index contributed by atoms with van der Waals surface area (Å²) in [5, 5.41) is 11.9. The van der Waals surface area contributed by atoms with E-state index < -0.39 is 0 Å². The van der Waals surface area contributed by atoms with Crippen LogP contribution in [0.2, 0.25) is 0 Å². The van der Waals surface area contributed by atoms with Crippen LogP contribution < -0.4 is 5.32 Å². The predicted molar refractivity (Wildman–Crippen MR) is 111 cm³/mol. The standard InChI is InChI=1S/C20H19N3O3S2/c1-3-26-19(25)16-8-10-17(11-9-16)21-18(24)15-6-4-14(5-7-15)12-27-20-23-22-13(2)28-20/h4-11H,3,12H2,1-2H3,(H,21,24). The Labute approximate surface area is 171 Å². The third kappa shape index (κ3) is 5.40. The topological polar surface area (TPSA) is 81.2 Å². The summed E-state index contributed by atoms with van der Waals surface area (Å²) in [6, 6.07) is 14.1. The maximum Gasteiger partial charge on any atom is 0.338 e. The smallest absolute Gasteiger partial charge is 0.338 e. The van der Waals surface area contributed by atoms with Gasteiger partial charge < -0.3 is 10.1 Å². The Bertz CT molecular complexity index is 954. The highest BCUT2D eigenvalue weighted by Crippen LogP contribution is 2.25. The second-order valence-corrected chi connectivity index (χ2v) is 8.23. The summed E-state index contributed by atoms with van der Waals surface area (Å²) in [5.74, 6) is 0.187. The normalized spacial score (nSPS) is 10.5. The molecule has 0 radical (unpaired) electrons. The van der Waals surface area contributed by atoms with E-state index >= 15 is 0 Å². The Balaban J connectivity index is 1.56. The number of rotatable bonds is 7. The highest BCUT2D eigenvalue weighted by atomic mass is 32.2. The first-order valence-electron chi connectivity index (χ1n) is 8.65. The minimum atomic E-state index is -0.377. The summed E-state index contributed by atoms with van der Waals surface area (Å²) < 4.78 is 5.88. The summed E-state index contributed by atoms with van der Waals surface area (Å²) >= 11 is 3.19. The Morgan fingerprint density at radius 1 is 1.04 bits per heavy atom. The van der Waals surface area contributed by atoms with Crippen molar-refractivity contribution in [2.45, 2.75) is 23.9 Å². The van der Waals surface area contributed by atoms with E-state index in [1.807, 2.05) is 19.1 Å². The van der Waals surface area contributed by atoms with Gasteiger partial charge in [-0.2, -0.15) is 0 Å². The third-order valence-electron chi connectivity index (χ3n) is 3.74. The van der Waals surface area contributed by atoms with Crippen molar-refractivity contribution in [3.8, 4) is 0 Å². The van der Waals surface area contributed by atoms with E-state index in [9.17, 15) is 9.59 Å². The number of aryl methyl sites for hydroxylation is 1. The molecule has 28 heavy (non-hydrogen) atoms. The van der Waals surface area contributed by atoms with Gasteiger partial charge in [-0.25, -0.2) is 4.79 Å². The maximum absolute atomic E-state index is 12.4. The van der Waals surface area contributed by atoms with E-state index in [0.717, 1.165) is 20.7 Å². The van der Waals surface area contributed by atoms with Crippen molar-refractivity contribution in [3.05, 3.63) is 70.2 Å². The molecule has 0 saturated heterocycles. The molecular weight excluding hydrogens is 394 g/mol. The van der Waals surface area contributed by atoms with Gasteiger partial charge in [0.05, 0.1) is 12.2 Å². The number of amides is 1. The summed E-state index contributed by atoms with van der Waals surface area (Å²) in [6.45, 7) is 4.01. The zero-order valence-corrected chi connectivity index (χ0v) is 17.1. The van der Waals surface area contributed by atoms with Crippen LogP contribution in [0.1, 0.15) is 38.2 Å². The molecule has 2 aromatic carbocycles. The van der Waals surface area contributed by atoms with Crippen molar-refractivity contribution >= 4 is 40.7 Å². The van der Waals surface area contributed by atoms with E-state index in [2.05, 4.69) is 15.5 Å². The average molecular weight is 414 g/mol. The number of aromatic nitrogens is 2. The number of thioether (sulfide) groups is 1. The Morgan fingerprint density at radius 3 is 2.32 bits per heavy atom. The number of hydrogen-bond donors (Lipinski definition) is 1. The minimum absolute atomic E-state index is 0.206. The number of nitrogens with one attached hydrogen (secondary N) is 1. The fraction of sp³-hybridized carbons (Fsp3) is 0.200. The molecule has 0 spiro atoms. The van der Waals surface area contributed by atoms with Gasteiger partial charge in [-0.15, -0.1) is 10.2 Å². The largest absolute Gasteiger partial charge is 0.462 e. The van der Waals surface area contributed by atoms with E-state index in [4.69, 9.17) is 4.74 Å². The van der Waals surface area contributed by atoms with Gasteiger partial charge in [0.15, 0.2) is 4.34 Å². The molecular formula is C20H19N3O3S2. The van der Waals surface area contributed by atoms with E-state index in [1.165, 1.54) is 0 Å². The lowest BCUT2D eigenvalue weighted by Gasteiger charge is -2.07. The summed E-state index contributed by atoms with van der Waals surface area (Å²) in [7, 11) is 0. The summed E-state index contributed by atoms with van der Waals surface area (Å²) in [5.41, 5.74) is 2.74. The van der Waals surface area contributed by atoms with Crippen LogP contribution in [0.5, 0.6) is 0 Å². The van der Waals surface area contributed by atoms with E-state index in [0.29, 0.717) is 23.4 Å². The molecule has 1 N–H and O–H groups in total. The molecule has 1 heterocycles. The fourth-order valence-electron chi connectivity index (χ4n) is 2.34. The van der Waals surface area contributed by atoms with Crippen LogP contribution in [-0.4, -0.2) is 28.7 Å². The predicted octanol–water partition coefficient (Wildman–Crippen LogP) is 4.57. The number of carbonyl (C=O) groups is 2. The Hall–Kier alpha value is -2.71. The zero-order chi connectivity index (χ0) is 19.9. The Morgan fingerprint density at radius 2 is 1.71 bits per heavy atom. The molecule has 0 fully saturated rings. The van der Waals surface area contributed by atoms with E-state index in [-0.39, 0.29) is 11.9 Å². The van der Waals surface area contributed by atoms with Crippen LogP contribution in [0.15, 0.2) is 52.9 Å². The molecule has 0 saturated carbocycles. The van der Waals surface area contributed by atoms with Gasteiger partial charge in [0.25, 0.3) is 5.91 Å². The SMILES string of the molecule is CCOC(=O)c1ccc(NC(=O)c2ccc(CSc3nnc(C)s3)cc2)cc1. The molecule has 0 bridgehead atoms. The molecule has 1 amide bonds. The van der Waals surface area contributed by atoms with Gasteiger partial charge in [-0.1, -0.05) is 35.2 Å². The van der Waals surface area contributed by atoms with Crippen LogP contribution in [-0.2, 0) is 10.5 Å². The first-order chi connectivity index (χ1) is 13.5. The van der Waals surface area contributed by atoms with Crippen LogP contribution in [0.25, 0.3) is 0 Å². The van der Waals surface area contributed by atoms with Gasteiger partial charge >= 0.3 is 5.97 Å². The fourth-order valence-corrected chi connectivity index (χ4v) is 4.11. The zero-order valence-electron chi connectivity index (χ0n) is 15.5. The first kappa shape index (κ1) is 20.0. The van der Waals surface area contributed by atoms with Crippen molar-refractivity contribution in [2.24, 2.45) is 0 Å². The number of hydrogen-bond acceptors (Lipinski definition) is 7. The molecule has 1 aromatic heterocycles. The van der Waals surface area contributed by atoms with Crippen LogP contribution in [0, 0.1) is 6.92 Å². The molecule has 8 heteroatoms. The molecule has 0 atom stereocenters. The van der Waals surface area contributed by atoms with E-state index in [1.54, 1.807) is 66.4 Å². The molecule has 0 aliphatic rings. The highest BCUT2D eigenvalue weighted by Gasteiger charge is 2.09. The molecule has 0 unspecified atom stereocenters. The van der Waals surface area contributed by atoms with Crippen molar-refractivity contribution in [3.63, 3.8) is 0 Å². The number of nitrogens with zero attached hydrogens (tertiary/aromatic N) is 2. The van der Waals surface area contributed by atoms with Gasteiger partial charge in [-0.05, 0) is 55.8 Å². The Kier molecular flexibility index (Phi) is 6.78. The molecule has 0 aliphatic heterocycles. The monoisotopic (exact) mass is 413 g/mol. The molecule has 6 nitrogen and oxygen atoms in total. The average Bonchev–Trinajstić information content (AvgIpc) is 3.13. The quantitative estimate of drug-likeness (QED) is 0.451. The van der Waals surface area contributed by atoms with Crippen LogP contribution >= 0.6 is 23.1 Å². The second kappa shape index (κ2) is 9.48. The minimum Gasteiger partial charge on any atom is -0.462 e. The lowest BCUT2D eigenvalue weighted by molar-refractivity contribution is 0.0526. The number of anilines is 1. The van der Waals surface area contributed by atoms with Crippen molar-refractivity contribution in [2.75, 3.05) is 11.9 Å². The third-order valence-corrected chi connectivity index (χ3v) is 5.78. The molecule has 144 valence electrons. The second-order valence-electron chi connectivity index (χ2n) is 5.82. The highest BCUT2D eigenvalue weighted by molar-refractivity contribution is 8.00. The van der Waals surface area contributed by atoms with Crippen LogP contribution in [0.4, 0.5) is 5.69 Å². The number of carbonyl (C=O) groups excluding carboxylic acids is 2. The van der Waals surface area contributed by atoms with Crippen molar-refractivity contribution in [1.82, 2.24) is 10.2 Å². The molecule has 3 rings (SSSR count). The summed E-state index contributed by atoms with van der Waals surface area (Å²) in [6.07, 6.45) is 0. The molecule has 3 aromatic rings.